The van der Waals surface area contributed by atoms with Crippen LogP contribution in [0.15, 0.2) is 71.1 Å². The second-order valence-electron chi connectivity index (χ2n) is 5.50. The van der Waals surface area contributed by atoms with Crippen molar-refractivity contribution in [3.05, 3.63) is 72.3 Å². The Balaban J connectivity index is 1.68. The van der Waals surface area contributed by atoms with E-state index < -0.39 is 0 Å². The maximum atomic E-state index is 12.4. The molecule has 0 unspecified atom stereocenters. The lowest BCUT2D eigenvalue weighted by atomic mass is 10.1. The Bertz CT molecular complexity index is 1050. The first kappa shape index (κ1) is 14.3. The molecule has 0 aliphatic carbocycles. The number of rotatable bonds is 3. The van der Waals surface area contributed by atoms with E-state index >= 15 is 0 Å². The lowest BCUT2D eigenvalue weighted by Gasteiger charge is -2.07. The second kappa shape index (κ2) is 5.74. The van der Waals surface area contributed by atoms with Crippen molar-refractivity contribution < 1.29 is 13.9 Å². The average molecular weight is 317 g/mol. The lowest BCUT2D eigenvalue weighted by molar-refractivity contribution is 0.102. The highest BCUT2D eigenvalue weighted by Crippen LogP contribution is 2.30. The molecule has 3 aromatic carbocycles. The molecule has 0 atom stereocenters. The number of carbonyl (C=O) groups is 1. The normalized spacial score (nSPS) is 10.9. The third-order valence-electron chi connectivity index (χ3n) is 3.97. The van der Waals surface area contributed by atoms with Crippen molar-refractivity contribution in [1.29, 1.82) is 0 Å². The van der Waals surface area contributed by atoms with Gasteiger partial charge in [-0.05, 0) is 42.5 Å². The molecule has 0 bridgehead atoms. The van der Waals surface area contributed by atoms with Gasteiger partial charge >= 0.3 is 0 Å². The van der Waals surface area contributed by atoms with E-state index in [9.17, 15) is 4.79 Å². The predicted octanol–water partition coefficient (Wildman–Crippen LogP) is 4.85. The summed E-state index contributed by atoms with van der Waals surface area (Å²) in [6.07, 6.45) is 0. The number of fused-ring (bicyclic) bond motifs is 3. The van der Waals surface area contributed by atoms with E-state index in [0.29, 0.717) is 11.3 Å². The number of amides is 1. The number of anilines is 1. The Hall–Kier alpha value is -3.27. The summed E-state index contributed by atoms with van der Waals surface area (Å²) in [5, 5.41) is 4.93. The van der Waals surface area contributed by atoms with E-state index in [-0.39, 0.29) is 5.91 Å². The SMILES string of the molecule is COc1cccc(C(=O)Nc2ccc3oc4ccccc4c3c2)c1. The fraction of sp³-hybridized carbons (Fsp3) is 0.0500. The van der Waals surface area contributed by atoms with Gasteiger partial charge in [0, 0.05) is 22.0 Å². The Kier molecular flexibility index (Phi) is 3.43. The molecule has 24 heavy (non-hydrogen) atoms. The zero-order chi connectivity index (χ0) is 16.5. The fourth-order valence-corrected chi connectivity index (χ4v) is 2.77. The van der Waals surface area contributed by atoms with Crippen molar-refractivity contribution >= 4 is 33.5 Å². The maximum Gasteiger partial charge on any atom is 0.255 e. The summed E-state index contributed by atoms with van der Waals surface area (Å²) in [5.41, 5.74) is 2.91. The molecule has 118 valence electrons. The number of hydrogen-bond donors (Lipinski definition) is 1. The van der Waals surface area contributed by atoms with Gasteiger partial charge in [-0.25, -0.2) is 0 Å². The highest BCUT2D eigenvalue weighted by Gasteiger charge is 2.10. The van der Waals surface area contributed by atoms with Gasteiger partial charge in [0.05, 0.1) is 7.11 Å². The minimum absolute atomic E-state index is 0.180. The van der Waals surface area contributed by atoms with E-state index in [4.69, 9.17) is 9.15 Å². The molecule has 1 heterocycles. The molecule has 0 saturated carbocycles. The van der Waals surface area contributed by atoms with Crippen LogP contribution in [-0.4, -0.2) is 13.0 Å². The topological polar surface area (TPSA) is 51.5 Å². The number of nitrogens with one attached hydrogen (secondary N) is 1. The van der Waals surface area contributed by atoms with Crippen molar-refractivity contribution in [3.8, 4) is 5.75 Å². The number of carbonyl (C=O) groups excluding carboxylic acids is 1. The predicted molar refractivity (Wildman–Crippen MR) is 94.7 cm³/mol. The summed E-state index contributed by atoms with van der Waals surface area (Å²) in [7, 11) is 1.58. The van der Waals surface area contributed by atoms with Gasteiger partial charge in [-0.2, -0.15) is 0 Å². The van der Waals surface area contributed by atoms with Crippen molar-refractivity contribution in [2.45, 2.75) is 0 Å². The van der Waals surface area contributed by atoms with Gasteiger partial charge in [-0.15, -0.1) is 0 Å². The van der Waals surface area contributed by atoms with Crippen LogP contribution in [0.25, 0.3) is 21.9 Å². The second-order valence-corrected chi connectivity index (χ2v) is 5.50. The molecule has 0 radical (unpaired) electrons. The molecule has 0 spiro atoms. The van der Waals surface area contributed by atoms with Gasteiger partial charge in [0.15, 0.2) is 0 Å². The van der Waals surface area contributed by atoms with Crippen molar-refractivity contribution in [3.63, 3.8) is 0 Å². The van der Waals surface area contributed by atoms with Crippen LogP contribution in [0.2, 0.25) is 0 Å². The minimum Gasteiger partial charge on any atom is -0.497 e. The summed E-state index contributed by atoms with van der Waals surface area (Å²) in [5.74, 6) is 0.472. The molecule has 1 amide bonds. The van der Waals surface area contributed by atoms with Crippen LogP contribution in [0.5, 0.6) is 5.75 Å². The molecular weight excluding hydrogens is 302 g/mol. The molecule has 0 aliphatic rings. The van der Waals surface area contributed by atoms with Gasteiger partial charge in [0.25, 0.3) is 5.91 Å². The number of hydrogen-bond acceptors (Lipinski definition) is 3. The van der Waals surface area contributed by atoms with Crippen LogP contribution in [0.4, 0.5) is 5.69 Å². The maximum absolute atomic E-state index is 12.4. The number of furan rings is 1. The highest BCUT2D eigenvalue weighted by atomic mass is 16.5. The molecular formula is C20H15NO3. The van der Waals surface area contributed by atoms with Crippen LogP contribution in [0, 0.1) is 0 Å². The van der Waals surface area contributed by atoms with Crippen LogP contribution in [0.3, 0.4) is 0 Å². The largest absolute Gasteiger partial charge is 0.497 e. The van der Waals surface area contributed by atoms with E-state index in [2.05, 4.69) is 5.32 Å². The molecule has 0 fully saturated rings. The summed E-state index contributed by atoms with van der Waals surface area (Å²) in [4.78, 5) is 12.4. The van der Waals surface area contributed by atoms with Gasteiger partial charge in [-0.1, -0.05) is 24.3 Å². The van der Waals surface area contributed by atoms with E-state index in [1.807, 2.05) is 42.5 Å². The van der Waals surface area contributed by atoms with Gasteiger partial charge < -0.3 is 14.5 Å². The third kappa shape index (κ3) is 2.48. The van der Waals surface area contributed by atoms with E-state index in [0.717, 1.165) is 27.6 Å². The van der Waals surface area contributed by atoms with Crippen LogP contribution < -0.4 is 10.1 Å². The van der Waals surface area contributed by atoms with Gasteiger partial charge in [-0.3, -0.25) is 4.79 Å². The first-order chi connectivity index (χ1) is 11.7. The first-order valence-electron chi connectivity index (χ1n) is 7.61. The summed E-state index contributed by atoms with van der Waals surface area (Å²) >= 11 is 0. The zero-order valence-corrected chi connectivity index (χ0v) is 13.1. The minimum atomic E-state index is -0.180. The molecule has 4 heteroatoms. The number of para-hydroxylation sites is 1. The molecule has 4 nitrogen and oxygen atoms in total. The summed E-state index contributed by atoms with van der Waals surface area (Å²) in [6.45, 7) is 0. The van der Waals surface area contributed by atoms with Crippen molar-refractivity contribution in [1.82, 2.24) is 0 Å². The van der Waals surface area contributed by atoms with E-state index in [1.165, 1.54) is 0 Å². The standard InChI is InChI=1S/C20H15NO3/c1-23-15-6-4-5-13(11-15)20(22)21-14-9-10-19-17(12-14)16-7-2-3-8-18(16)24-19/h2-12H,1H3,(H,21,22). The molecule has 0 aliphatic heterocycles. The molecule has 0 saturated heterocycles. The Morgan fingerprint density at radius 1 is 0.917 bits per heavy atom. The van der Waals surface area contributed by atoms with Crippen molar-refractivity contribution in [2.75, 3.05) is 12.4 Å². The molecule has 4 aromatic rings. The molecule has 1 aromatic heterocycles. The van der Waals surface area contributed by atoms with E-state index in [1.54, 1.807) is 31.4 Å². The van der Waals surface area contributed by atoms with Crippen molar-refractivity contribution in [2.24, 2.45) is 0 Å². The third-order valence-corrected chi connectivity index (χ3v) is 3.97. The summed E-state index contributed by atoms with van der Waals surface area (Å²) in [6, 6.07) is 20.6. The van der Waals surface area contributed by atoms with Gasteiger partial charge in [0.1, 0.15) is 16.9 Å². The van der Waals surface area contributed by atoms with Crippen LogP contribution in [-0.2, 0) is 0 Å². The lowest BCUT2D eigenvalue weighted by Crippen LogP contribution is -2.11. The molecule has 4 rings (SSSR count). The first-order valence-corrected chi connectivity index (χ1v) is 7.61. The highest BCUT2D eigenvalue weighted by molar-refractivity contribution is 6.09. The number of benzene rings is 3. The Labute approximate surface area is 138 Å². The quantitative estimate of drug-likeness (QED) is 0.588. The average Bonchev–Trinajstić information content (AvgIpc) is 3.00. The Morgan fingerprint density at radius 3 is 2.62 bits per heavy atom. The smallest absolute Gasteiger partial charge is 0.255 e. The summed E-state index contributed by atoms with van der Waals surface area (Å²) < 4.78 is 11.0. The van der Waals surface area contributed by atoms with Gasteiger partial charge in [0.2, 0.25) is 0 Å². The Morgan fingerprint density at radius 2 is 1.75 bits per heavy atom. The fourth-order valence-electron chi connectivity index (χ4n) is 2.77. The zero-order valence-electron chi connectivity index (χ0n) is 13.1. The van der Waals surface area contributed by atoms with Crippen LogP contribution >= 0.6 is 0 Å². The monoisotopic (exact) mass is 317 g/mol. The molecule has 1 N–H and O–H groups in total. The van der Waals surface area contributed by atoms with Crippen LogP contribution in [0.1, 0.15) is 10.4 Å². The number of ether oxygens (including phenoxy) is 1. The number of methoxy groups -OCH3 is 1.